The molecule has 0 saturated carbocycles. The number of aliphatic hydroxyl groups is 1. The van der Waals surface area contributed by atoms with Crippen LogP contribution in [-0.4, -0.2) is 36.2 Å². The molecular weight excluding hydrogens is 352 g/mol. The van der Waals surface area contributed by atoms with Crippen molar-refractivity contribution < 1.29 is 14.6 Å². The molecule has 5 nitrogen and oxygen atoms in total. The third-order valence-corrected chi connectivity index (χ3v) is 4.36. The monoisotopic (exact) mass is 376 g/mol. The molecular formula is C20H25ClN2O3. The maximum Gasteiger partial charge on any atom is 0.224 e. The van der Waals surface area contributed by atoms with E-state index in [1.807, 2.05) is 54.6 Å². The van der Waals surface area contributed by atoms with E-state index >= 15 is 0 Å². The van der Waals surface area contributed by atoms with Gasteiger partial charge in [-0.15, -0.1) is 12.4 Å². The average molecular weight is 377 g/mol. The Morgan fingerprint density at radius 1 is 1.15 bits per heavy atom. The molecule has 1 aliphatic heterocycles. The normalized spacial score (nSPS) is 19.3. The number of hydrogen-bond donors (Lipinski definition) is 3. The van der Waals surface area contributed by atoms with Gasteiger partial charge in [-0.3, -0.25) is 4.79 Å². The van der Waals surface area contributed by atoms with Crippen LogP contribution in [-0.2, 0) is 17.8 Å². The molecule has 0 bridgehead atoms. The van der Waals surface area contributed by atoms with E-state index in [-0.39, 0.29) is 30.8 Å². The minimum atomic E-state index is -0.540. The van der Waals surface area contributed by atoms with Gasteiger partial charge in [-0.1, -0.05) is 48.5 Å². The van der Waals surface area contributed by atoms with E-state index in [1.54, 1.807) is 0 Å². The van der Waals surface area contributed by atoms with E-state index in [0.717, 1.165) is 24.1 Å². The molecule has 0 radical (unpaired) electrons. The van der Waals surface area contributed by atoms with E-state index in [2.05, 4.69) is 10.6 Å². The van der Waals surface area contributed by atoms with E-state index in [9.17, 15) is 9.90 Å². The Hall–Kier alpha value is -2.08. The fourth-order valence-corrected chi connectivity index (χ4v) is 2.97. The number of β-amino-alcohol motifs (C(OH)–C–C–N with tert-alkyl or cyclic N) is 1. The number of ether oxygens (including phenoxy) is 1. The van der Waals surface area contributed by atoms with Crippen LogP contribution in [0.15, 0.2) is 54.6 Å². The first-order chi connectivity index (χ1) is 12.2. The highest BCUT2D eigenvalue weighted by atomic mass is 35.5. The number of nitrogens with one attached hydrogen (secondary N) is 2. The number of carbonyl (C=O) groups is 1. The van der Waals surface area contributed by atoms with Gasteiger partial charge >= 0.3 is 0 Å². The highest BCUT2D eigenvalue weighted by Crippen LogP contribution is 2.20. The number of hydrogen-bond acceptors (Lipinski definition) is 4. The molecule has 3 rings (SSSR count). The quantitative estimate of drug-likeness (QED) is 0.721. The molecule has 0 spiro atoms. The first-order valence-corrected chi connectivity index (χ1v) is 8.65. The Balaban J connectivity index is 0.00000243. The SMILES string of the molecule is Cl.O=C(Cc1ccccc1OCc1ccccc1)N[C@@H]1CCNC[C@H]1O. The van der Waals surface area contributed by atoms with Gasteiger partial charge in [-0.25, -0.2) is 0 Å². The highest BCUT2D eigenvalue weighted by Gasteiger charge is 2.24. The zero-order valence-electron chi connectivity index (χ0n) is 14.6. The first kappa shape index (κ1) is 20.2. The van der Waals surface area contributed by atoms with E-state index in [4.69, 9.17) is 4.74 Å². The Morgan fingerprint density at radius 3 is 2.65 bits per heavy atom. The topological polar surface area (TPSA) is 70.6 Å². The first-order valence-electron chi connectivity index (χ1n) is 8.65. The third-order valence-electron chi connectivity index (χ3n) is 4.36. The predicted molar refractivity (Wildman–Crippen MR) is 104 cm³/mol. The van der Waals surface area contributed by atoms with Gasteiger partial charge in [0.1, 0.15) is 12.4 Å². The lowest BCUT2D eigenvalue weighted by atomic mass is 10.0. The minimum Gasteiger partial charge on any atom is -0.489 e. The Bertz CT molecular complexity index is 696. The van der Waals surface area contributed by atoms with Crippen LogP contribution in [0.4, 0.5) is 0 Å². The van der Waals surface area contributed by atoms with Gasteiger partial charge < -0.3 is 20.5 Å². The van der Waals surface area contributed by atoms with Gasteiger partial charge in [0.2, 0.25) is 5.91 Å². The molecule has 26 heavy (non-hydrogen) atoms. The van der Waals surface area contributed by atoms with Gasteiger partial charge in [0, 0.05) is 12.1 Å². The lowest BCUT2D eigenvalue weighted by Crippen LogP contribution is -2.52. The van der Waals surface area contributed by atoms with Gasteiger partial charge in [0.05, 0.1) is 18.6 Å². The molecule has 2 aromatic carbocycles. The summed E-state index contributed by atoms with van der Waals surface area (Å²) in [6.07, 6.45) is 0.433. The number of rotatable bonds is 6. The van der Waals surface area contributed by atoms with E-state index in [1.165, 1.54) is 0 Å². The number of piperidine rings is 1. The zero-order chi connectivity index (χ0) is 17.5. The van der Waals surface area contributed by atoms with Crippen molar-refractivity contribution in [3.8, 4) is 5.75 Å². The van der Waals surface area contributed by atoms with Crippen LogP contribution in [0.25, 0.3) is 0 Å². The van der Waals surface area contributed by atoms with E-state index < -0.39 is 6.10 Å². The van der Waals surface area contributed by atoms with Crippen molar-refractivity contribution in [1.82, 2.24) is 10.6 Å². The molecule has 2 aromatic rings. The summed E-state index contributed by atoms with van der Waals surface area (Å²) in [7, 11) is 0. The standard InChI is InChI=1S/C20H24N2O3.ClH/c23-18-13-21-11-10-17(18)22-20(24)12-16-8-4-5-9-19(16)25-14-15-6-2-1-3-7-15;/h1-9,17-18,21,23H,10-14H2,(H,22,24);1H/t17-,18-;/m1./s1. The fourth-order valence-electron chi connectivity index (χ4n) is 2.97. The summed E-state index contributed by atoms with van der Waals surface area (Å²) in [4.78, 5) is 12.4. The van der Waals surface area contributed by atoms with Crippen LogP contribution in [0, 0.1) is 0 Å². The van der Waals surface area contributed by atoms with Crippen LogP contribution in [0.2, 0.25) is 0 Å². The molecule has 6 heteroatoms. The number of aliphatic hydroxyl groups excluding tert-OH is 1. The molecule has 140 valence electrons. The van der Waals surface area contributed by atoms with Crippen molar-refractivity contribution in [2.24, 2.45) is 0 Å². The zero-order valence-corrected chi connectivity index (χ0v) is 15.4. The minimum absolute atomic E-state index is 0. The van der Waals surface area contributed by atoms with Gasteiger partial charge in [-0.05, 0) is 24.6 Å². The number of amides is 1. The fraction of sp³-hybridized carbons (Fsp3) is 0.350. The Kier molecular flexibility index (Phi) is 7.91. The van der Waals surface area contributed by atoms with Crippen LogP contribution >= 0.6 is 12.4 Å². The van der Waals surface area contributed by atoms with Crippen molar-refractivity contribution in [1.29, 1.82) is 0 Å². The van der Waals surface area contributed by atoms with Gasteiger partial charge in [0.15, 0.2) is 0 Å². The molecule has 0 aromatic heterocycles. The second kappa shape index (κ2) is 10.2. The predicted octanol–water partition coefficient (Wildman–Crippen LogP) is 2.07. The molecule has 1 fully saturated rings. The van der Waals surface area contributed by atoms with Crippen molar-refractivity contribution in [2.75, 3.05) is 13.1 Å². The summed E-state index contributed by atoms with van der Waals surface area (Å²) in [6, 6.07) is 17.3. The lowest BCUT2D eigenvalue weighted by molar-refractivity contribution is -0.122. The van der Waals surface area contributed by atoms with Gasteiger partial charge in [0.25, 0.3) is 0 Å². The Morgan fingerprint density at radius 2 is 1.88 bits per heavy atom. The molecule has 0 aliphatic carbocycles. The number of para-hydroxylation sites is 1. The maximum absolute atomic E-state index is 12.4. The van der Waals surface area contributed by atoms with Crippen LogP contribution in [0.1, 0.15) is 17.5 Å². The van der Waals surface area contributed by atoms with Crippen molar-refractivity contribution in [2.45, 2.75) is 31.6 Å². The lowest BCUT2D eigenvalue weighted by Gasteiger charge is -2.29. The number of benzene rings is 2. The van der Waals surface area contributed by atoms with Gasteiger partial charge in [-0.2, -0.15) is 0 Å². The summed E-state index contributed by atoms with van der Waals surface area (Å²) in [6.45, 7) is 1.78. The summed E-state index contributed by atoms with van der Waals surface area (Å²) in [5.74, 6) is 0.620. The molecule has 1 amide bonds. The number of carbonyl (C=O) groups excluding carboxylic acids is 1. The summed E-state index contributed by atoms with van der Waals surface area (Å²) in [5, 5.41) is 16.0. The van der Waals surface area contributed by atoms with Crippen molar-refractivity contribution >= 4 is 18.3 Å². The Labute approximate surface area is 160 Å². The summed E-state index contributed by atoms with van der Waals surface area (Å²) < 4.78 is 5.90. The molecule has 1 aliphatic rings. The van der Waals surface area contributed by atoms with Crippen molar-refractivity contribution in [3.63, 3.8) is 0 Å². The molecule has 1 heterocycles. The van der Waals surface area contributed by atoms with Crippen LogP contribution in [0.5, 0.6) is 5.75 Å². The summed E-state index contributed by atoms with van der Waals surface area (Å²) >= 11 is 0. The van der Waals surface area contributed by atoms with Crippen molar-refractivity contribution in [3.05, 3.63) is 65.7 Å². The van der Waals surface area contributed by atoms with E-state index in [0.29, 0.717) is 18.9 Å². The summed E-state index contributed by atoms with van der Waals surface area (Å²) in [5.41, 5.74) is 1.93. The van der Waals surface area contributed by atoms with Crippen LogP contribution < -0.4 is 15.4 Å². The molecule has 0 unspecified atom stereocenters. The smallest absolute Gasteiger partial charge is 0.224 e. The third kappa shape index (κ3) is 5.73. The molecule has 3 N–H and O–H groups in total. The maximum atomic E-state index is 12.4. The average Bonchev–Trinajstić information content (AvgIpc) is 2.64. The van der Waals surface area contributed by atoms with Crippen LogP contribution in [0.3, 0.4) is 0 Å². The second-order valence-electron chi connectivity index (χ2n) is 6.29. The second-order valence-corrected chi connectivity index (χ2v) is 6.29. The highest BCUT2D eigenvalue weighted by molar-refractivity contribution is 5.85. The molecule has 2 atom stereocenters. The molecule has 1 saturated heterocycles. The number of halogens is 1. The largest absolute Gasteiger partial charge is 0.489 e.